The van der Waals surface area contributed by atoms with Gasteiger partial charge in [0.1, 0.15) is 0 Å². The predicted octanol–water partition coefficient (Wildman–Crippen LogP) is 2.19. The highest BCUT2D eigenvalue weighted by Crippen LogP contribution is 2.41. The van der Waals surface area contributed by atoms with E-state index in [0.29, 0.717) is 6.42 Å². The van der Waals surface area contributed by atoms with Gasteiger partial charge in [-0.2, -0.15) is 0 Å². The van der Waals surface area contributed by atoms with Crippen LogP contribution in [0, 0.1) is 18.8 Å². The maximum absolute atomic E-state index is 12.2. The van der Waals surface area contributed by atoms with Gasteiger partial charge in [0.05, 0.1) is 11.8 Å². The fourth-order valence-corrected chi connectivity index (χ4v) is 2.80. The first-order chi connectivity index (χ1) is 9.65. The van der Waals surface area contributed by atoms with Gasteiger partial charge in [0, 0.05) is 18.8 Å². The zero-order valence-electron chi connectivity index (χ0n) is 11.8. The second-order valence-electron chi connectivity index (χ2n) is 5.84. The summed E-state index contributed by atoms with van der Waals surface area (Å²) < 4.78 is 0. The van der Waals surface area contributed by atoms with E-state index in [4.69, 9.17) is 0 Å². The smallest absolute Gasteiger partial charge is 0.228 e. The van der Waals surface area contributed by atoms with E-state index >= 15 is 0 Å². The quantitative estimate of drug-likeness (QED) is 0.917. The highest BCUT2D eigenvalue weighted by Gasteiger charge is 2.49. The van der Waals surface area contributed by atoms with Crippen LogP contribution in [0.2, 0.25) is 0 Å². The second kappa shape index (κ2) is 5.27. The van der Waals surface area contributed by atoms with E-state index in [-0.39, 0.29) is 23.7 Å². The molecular formula is C16H20N2O2. The standard InChI is InChI=1S/C16H20N2O2/c1-11-4-6-12(7-5-11)17-15(19)13-10-14(13)16(20)18-8-2-3-9-18/h4-7,13-14H,2-3,8-10H2,1H3,(H,17,19). The van der Waals surface area contributed by atoms with Crippen LogP contribution < -0.4 is 5.32 Å². The summed E-state index contributed by atoms with van der Waals surface area (Å²) >= 11 is 0. The first kappa shape index (κ1) is 13.2. The summed E-state index contributed by atoms with van der Waals surface area (Å²) in [5.74, 6) is -0.0686. The number of nitrogens with one attached hydrogen (secondary N) is 1. The van der Waals surface area contributed by atoms with Crippen LogP contribution in [0.25, 0.3) is 0 Å². The van der Waals surface area contributed by atoms with Gasteiger partial charge in [-0.1, -0.05) is 17.7 Å². The lowest BCUT2D eigenvalue weighted by molar-refractivity contribution is -0.133. The average molecular weight is 272 g/mol. The Hall–Kier alpha value is -1.84. The number of hydrogen-bond donors (Lipinski definition) is 1. The normalized spacial score (nSPS) is 24.6. The van der Waals surface area contributed by atoms with E-state index in [0.717, 1.165) is 37.2 Å². The summed E-state index contributed by atoms with van der Waals surface area (Å²) in [5.41, 5.74) is 1.97. The summed E-state index contributed by atoms with van der Waals surface area (Å²) in [6.45, 7) is 3.74. The molecule has 1 aromatic rings. The van der Waals surface area contributed by atoms with Crippen molar-refractivity contribution in [1.29, 1.82) is 0 Å². The monoisotopic (exact) mass is 272 g/mol. The number of aryl methyl sites for hydroxylation is 1. The molecule has 1 aromatic carbocycles. The molecule has 2 atom stereocenters. The Morgan fingerprint density at radius 2 is 1.75 bits per heavy atom. The highest BCUT2D eigenvalue weighted by atomic mass is 16.2. The molecule has 1 aliphatic carbocycles. The van der Waals surface area contributed by atoms with E-state index in [9.17, 15) is 9.59 Å². The van der Waals surface area contributed by atoms with Crippen LogP contribution in [0.4, 0.5) is 5.69 Å². The van der Waals surface area contributed by atoms with Crippen molar-refractivity contribution in [2.75, 3.05) is 18.4 Å². The number of carbonyl (C=O) groups excluding carboxylic acids is 2. The molecule has 20 heavy (non-hydrogen) atoms. The third-order valence-electron chi connectivity index (χ3n) is 4.18. The fourth-order valence-electron chi connectivity index (χ4n) is 2.80. The third kappa shape index (κ3) is 2.69. The van der Waals surface area contributed by atoms with Crippen molar-refractivity contribution in [3.63, 3.8) is 0 Å². The Kier molecular flexibility index (Phi) is 3.47. The minimum absolute atomic E-state index is 0.0219. The van der Waals surface area contributed by atoms with Crippen molar-refractivity contribution >= 4 is 17.5 Å². The molecule has 2 fully saturated rings. The highest BCUT2D eigenvalue weighted by molar-refractivity contribution is 5.99. The van der Waals surface area contributed by atoms with Crippen LogP contribution >= 0.6 is 0 Å². The Balaban J connectivity index is 1.54. The van der Waals surface area contributed by atoms with E-state index in [1.165, 1.54) is 0 Å². The van der Waals surface area contributed by atoms with Crippen molar-refractivity contribution in [3.8, 4) is 0 Å². The van der Waals surface area contributed by atoms with Crippen molar-refractivity contribution in [3.05, 3.63) is 29.8 Å². The molecule has 0 aromatic heterocycles. The van der Waals surface area contributed by atoms with Gasteiger partial charge in [0.15, 0.2) is 0 Å². The predicted molar refractivity (Wildman–Crippen MR) is 77.2 cm³/mol. The number of benzene rings is 1. The van der Waals surface area contributed by atoms with Crippen LogP contribution in [-0.2, 0) is 9.59 Å². The number of likely N-dealkylation sites (tertiary alicyclic amines) is 1. The molecule has 1 aliphatic heterocycles. The van der Waals surface area contributed by atoms with Gasteiger partial charge in [-0.05, 0) is 38.3 Å². The lowest BCUT2D eigenvalue weighted by Crippen LogP contribution is -2.30. The second-order valence-corrected chi connectivity index (χ2v) is 5.84. The molecular weight excluding hydrogens is 252 g/mol. The first-order valence-corrected chi connectivity index (χ1v) is 7.31. The minimum atomic E-state index is -0.135. The number of anilines is 1. The van der Waals surface area contributed by atoms with Gasteiger partial charge in [-0.15, -0.1) is 0 Å². The molecule has 1 N–H and O–H groups in total. The van der Waals surface area contributed by atoms with Crippen LogP contribution in [0.5, 0.6) is 0 Å². The lowest BCUT2D eigenvalue weighted by Gasteiger charge is -2.14. The number of carbonyl (C=O) groups is 2. The topological polar surface area (TPSA) is 49.4 Å². The van der Waals surface area contributed by atoms with Crippen LogP contribution in [0.3, 0.4) is 0 Å². The van der Waals surface area contributed by atoms with E-state index in [2.05, 4.69) is 5.32 Å². The summed E-state index contributed by atoms with van der Waals surface area (Å²) in [4.78, 5) is 26.2. The summed E-state index contributed by atoms with van der Waals surface area (Å²) in [6, 6.07) is 7.73. The van der Waals surface area contributed by atoms with Crippen molar-refractivity contribution in [2.45, 2.75) is 26.2 Å². The molecule has 0 bridgehead atoms. The molecule has 2 unspecified atom stereocenters. The van der Waals surface area contributed by atoms with E-state index in [1.807, 2.05) is 36.1 Å². The van der Waals surface area contributed by atoms with Crippen LogP contribution in [0.1, 0.15) is 24.8 Å². The Morgan fingerprint density at radius 1 is 1.10 bits per heavy atom. The zero-order chi connectivity index (χ0) is 14.1. The van der Waals surface area contributed by atoms with Crippen molar-refractivity contribution in [2.24, 2.45) is 11.8 Å². The molecule has 4 nitrogen and oxygen atoms in total. The van der Waals surface area contributed by atoms with E-state index in [1.54, 1.807) is 0 Å². The summed E-state index contributed by atoms with van der Waals surface area (Å²) in [5, 5.41) is 2.90. The Morgan fingerprint density at radius 3 is 2.40 bits per heavy atom. The van der Waals surface area contributed by atoms with Crippen molar-refractivity contribution < 1.29 is 9.59 Å². The van der Waals surface area contributed by atoms with Gasteiger partial charge in [0.25, 0.3) is 0 Å². The van der Waals surface area contributed by atoms with Crippen molar-refractivity contribution in [1.82, 2.24) is 4.90 Å². The lowest BCUT2D eigenvalue weighted by atomic mass is 10.2. The first-order valence-electron chi connectivity index (χ1n) is 7.31. The zero-order valence-corrected chi connectivity index (χ0v) is 11.8. The summed E-state index contributed by atoms with van der Waals surface area (Å²) in [6.07, 6.45) is 2.89. The minimum Gasteiger partial charge on any atom is -0.342 e. The largest absolute Gasteiger partial charge is 0.342 e. The third-order valence-corrected chi connectivity index (χ3v) is 4.18. The number of hydrogen-bond acceptors (Lipinski definition) is 2. The molecule has 3 rings (SSSR count). The molecule has 1 heterocycles. The molecule has 0 spiro atoms. The van der Waals surface area contributed by atoms with Gasteiger partial charge in [-0.25, -0.2) is 0 Å². The Bertz CT molecular complexity index is 518. The molecule has 2 amide bonds. The number of rotatable bonds is 3. The summed E-state index contributed by atoms with van der Waals surface area (Å²) in [7, 11) is 0. The fraction of sp³-hybridized carbons (Fsp3) is 0.500. The Labute approximate surface area is 119 Å². The van der Waals surface area contributed by atoms with Crippen LogP contribution in [-0.4, -0.2) is 29.8 Å². The number of amides is 2. The molecule has 2 aliphatic rings. The van der Waals surface area contributed by atoms with Gasteiger partial charge in [-0.3, -0.25) is 9.59 Å². The molecule has 4 heteroatoms. The molecule has 106 valence electrons. The molecule has 1 saturated heterocycles. The maximum atomic E-state index is 12.2. The van der Waals surface area contributed by atoms with Gasteiger partial charge < -0.3 is 10.2 Å². The number of nitrogens with zero attached hydrogens (tertiary/aromatic N) is 1. The van der Waals surface area contributed by atoms with Crippen LogP contribution in [0.15, 0.2) is 24.3 Å². The van der Waals surface area contributed by atoms with E-state index < -0.39 is 0 Å². The molecule has 1 saturated carbocycles. The SMILES string of the molecule is Cc1ccc(NC(=O)C2CC2C(=O)N2CCCC2)cc1. The maximum Gasteiger partial charge on any atom is 0.228 e. The van der Waals surface area contributed by atoms with Gasteiger partial charge >= 0.3 is 0 Å². The molecule has 0 radical (unpaired) electrons. The van der Waals surface area contributed by atoms with Gasteiger partial charge in [0.2, 0.25) is 11.8 Å². The average Bonchev–Trinajstić information content (AvgIpc) is 3.06.